The van der Waals surface area contributed by atoms with Crippen molar-refractivity contribution >= 4 is 38.5 Å². The highest BCUT2D eigenvalue weighted by Crippen LogP contribution is 2.56. The lowest BCUT2D eigenvalue weighted by Gasteiger charge is -2.33. The van der Waals surface area contributed by atoms with Crippen LogP contribution in [0.2, 0.25) is 0 Å². The van der Waals surface area contributed by atoms with Gasteiger partial charge in [0, 0.05) is 8.04 Å². The van der Waals surface area contributed by atoms with Gasteiger partial charge in [-0.2, -0.15) is 0 Å². The van der Waals surface area contributed by atoms with E-state index in [1.165, 1.54) is 37.0 Å². The van der Waals surface area contributed by atoms with E-state index in [1.54, 1.807) is 0 Å². The number of hydrogen-bond acceptors (Lipinski definition) is 0. The van der Waals surface area contributed by atoms with E-state index >= 15 is 0 Å². The molecule has 4 aromatic carbocycles. The van der Waals surface area contributed by atoms with Crippen molar-refractivity contribution < 1.29 is 0 Å². The molecule has 1 aliphatic carbocycles. The summed E-state index contributed by atoms with van der Waals surface area (Å²) in [4.78, 5) is 0. The van der Waals surface area contributed by atoms with Gasteiger partial charge in [0.1, 0.15) is 0 Å². The Morgan fingerprint density at radius 2 is 1.11 bits per heavy atom. The second-order valence-corrected chi connectivity index (χ2v) is 9.02. The average molecular weight is 523 g/mol. The molecule has 0 fully saturated rings. The van der Waals surface area contributed by atoms with Crippen molar-refractivity contribution in [1.29, 1.82) is 0 Å². The second-order valence-electron chi connectivity index (χ2n) is 6.86. The molecule has 0 bridgehead atoms. The Morgan fingerprint density at radius 3 is 1.70 bits per heavy atom. The van der Waals surface area contributed by atoms with Gasteiger partial charge in [0.15, 0.2) is 0 Å². The lowest BCUT2D eigenvalue weighted by atomic mass is 9.68. The largest absolute Gasteiger partial charge is 0.0713 e. The van der Waals surface area contributed by atoms with E-state index in [0.717, 1.165) is 4.47 Å². The molecule has 2 heteroatoms. The fraction of sp³-hybridized carbons (Fsp3) is 0.0400. The van der Waals surface area contributed by atoms with Gasteiger partial charge in [-0.3, -0.25) is 0 Å². The van der Waals surface area contributed by atoms with Crippen LogP contribution < -0.4 is 0 Å². The fourth-order valence-electron chi connectivity index (χ4n) is 4.44. The lowest BCUT2D eigenvalue weighted by Crippen LogP contribution is -2.28. The van der Waals surface area contributed by atoms with Crippen LogP contribution in [0.5, 0.6) is 0 Å². The van der Waals surface area contributed by atoms with Gasteiger partial charge in [-0.25, -0.2) is 0 Å². The molecule has 130 valence electrons. The van der Waals surface area contributed by atoms with E-state index in [2.05, 4.69) is 136 Å². The van der Waals surface area contributed by atoms with Gasteiger partial charge in [0.05, 0.1) is 5.41 Å². The van der Waals surface area contributed by atoms with Crippen LogP contribution in [-0.2, 0) is 5.41 Å². The lowest BCUT2D eigenvalue weighted by molar-refractivity contribution is 0.768. The van der Waals surface area contributed by atoms with E-state index in [0.29, 0.717) is 0 Å². The number of fused-ring (bicyclic) bond motifs is 3. The molecule has 4 aromatic rings. The first kappa shape index (κ1) is 17.2. The molecule has 0 aliphatic heterocycles. The minimum Gasteiger partial charge on any atom is -0.0622 e. The van der Waals surface area contributed by atoms with Crippen molar-refractivity contribution in [2.24, 2.45) is 0 Å². The third-order valence-electron chi connectivity index (χ3n) is 5.48. The van der Waals surface area contributed by atoms with Crippen molar-refractivity contribution in [3.8, 4) is 11.1 Å². The molecule has 0 radical (unpaired) electrons. The first-order chi connectivity index (χ1) is 13.2. The average Bonchev–Trinajstić information content (AvgIpc) is 2.99. The maximum absolute atomic E-state index is 3.68. The molecule has 0 amide bonds. The summed E-state index contributed by atoms with van der Waals surface area (Å²) in [5, 5.41) is 0. The second kappa shape index (κ2) is 6.61. The Labute approximate surface area is 181 Å². The van der Waals surface area contributed by atoms with Gasteiger partial charge < -0.3 is 0 Å². The van der Waals surface area contributed by atoms with E-state index < -0.39 is 0 Å². The van der Waals surface area contributed by atoms with E-state index in [-0.39, 0.29) is 5.41 Å². The predicted molar refractivity (Wildman–Crippen MR) is 124 cm³/mol. The van der Waals surface area contributed by atoms with Crippen LogP contribution in [0.4, 0.5) is 0 Å². The Balaban J connectivity index is 1.98. The molecular weight excluding hydrogens is 507 g/mol. The van der Waals surface area contributed by atoms with E-state index in [1.807, 2.05) is 0 Å². The summed E-state index contributed by atoms with van der Waals surface area (Å²) in [5.41, 5.74) is 7.66. The minimum absolute atomic E-state index is 0.293. The van der Waals surface area contributed by atoms with E-state index in [4.69, 9.17) is 0 Å². The Hall–Kier alpha value is -1.91. The van der Waals surface area contributed by atoms with Crippen LogP contribution in [0.3, 0.4) is 0 Å². The monoisotopic (exact) mass is 522 g/mol. The summed E-state index contributed by atoms with van der Waals surface area (Å²) in [6.07, 6.45) is 0. The first-order valence-electron chi connectivity index (χ1n) is 8.93. The zero-order chi connectivity index (χ0) is 18.4. The van der Waals surface area contributed by atoms with Crippen LogP contribution in [-0.4, -0.2) is 0 Å². The molecule has 0 saturated carbocycles. The normalized spacial score (nSPS) is 13.9. The minimum atomic E-state index is -0.293. The van der Waals surface area contributed by atoms with Gasteiger partial charge in [-0.05, 0) is 80.2 Å². The van der Waals surface area contributed by atoms with Crippen molar-refractivity contribution in [1.82, 2.24) is 0 Å². The smallest absolute Gasteiger partial charge is 0.0622 e. The van der Waals surface area contributed by atoms with Gasteiger partial charge in [-0.1, -0.05) is 88.7 Å². The molecule has 0 unspecified atom stereocenters. The maximum Gasteiger partial charge on any atom is 0.0713 e. The zero-order valence-corrected chi connectivity index (χ0v) is 18.2. The molecule has 0 saturated heterocycles. The van der Waals surface area contributed by atoms with Crippen LogP contribution in [0, 0.1) is 3.57 Å². The van der Waals surface area contributed by atoms with Crippen LogP contribution in [0.15, 0.2) is 102 Å². The highest BCUT2D eigenvalue weighted by molar-refractivity contribution is 14.1. The summed E-state index contributed by atoms with van der Waals surface area (Å²) >= 11 is 6.09. The predicted octanol–water partition coefficient (Wildman–Crippen LogP) is 7.42. The van der Waals surface area contributed by atoms with Crippen molar-refractivity contribution in [2.75, 3.05) is 0 Å². The Morgan fingerprint density at radius 1 is 0.593 bits per heavy atom. The third kappa shape index (κ3) is 2.54. The molecule has 0 aromatic heterocycles. The molecule has 5 rings (SSSR count). The molecule has 0 nitrogen and oxygen atoms in total. The molecule has 0 atom stereocenters. The first-order valence-corrected chi connectivity index (χ1v) is 10.8. The summed E-state index contributed by atoms with van der Waals surface area (Å²) < 4.78 is 2.37. The zero-order valence-electron chi connectivity index (χ0n) is 14.5. The Kier molecular flexibility index (Phi) is 4.21. The number of benzene rings is 4. The fourth-order valence-corrected chi connectivity index (χ4v) is 5.29. The number of halogens is 2. The molecule has 1 aliphatic rings. The molecular formula is C25H16BrI. The van der Waals surface area contributed by atoms with Crippen molar-refractivity contribution in [3.05, 3.63) is 127 Å². The Bertz CT molecular complexity index is 1040. The van der Waals surface area contributed by atoms with Gasteiger partial charge >= 0.3 is 0 Å². The maximum atomic E-state index is 3.68. The third-order valence-corrected chi connectivity index (χ3v) is 6.64. The summed E-state index contributed by atoms with van der Waals surface area (Å²) in [7, 11) is 0. The van der Waals surface area contributed by atoms with Gasteiger partial charge in [-0.15, -0.1) is 0 Å². The molecule has 0 N–H and O–H groups in total. The molecule has 0 spiro atoms. The highest BCUT2D eigenvalue weighted by atomic mass is 127. The topological polar surface area (TPSA) is 0 Å². The van der Waals surface area contributed by atoms with Crippen molar-refractivity contribution in [2.45, 2.75) is 5.41 Å². The summed E-state index contributed by atoms with van der Waals surface area (Å²) in [6.45, 7) is 0. The quantitative estimate of drug-likeness (QED) is 0.212. The SMILES string of the molecule is Brc1ccc2c(c1)-c1cc(I)ccc1C2(c1ccccc1)c1ccccc1. The molecule has 0 heterocycles. The molecule has 27 heavy (non-hydrogen) atoms. The van der Waals surface area contributed by atoms with Gasteiger partial charge in [0.2, 0.25) is 0 Å². The van der Waals surface area contributed by atoms with Gasteiger partial charge in [0.25, 0.3) is 0 Å². The van der Waals surface area contributed by atoms with Crippen LogP contribution in [0.25, 0.3) is 11.1 Å². The summed E-state index contributed by atoms with van der Waals surface area (Å²) in [6, 6.07) is 35.3. The standard InChI is InChI=1S/C25H16BrI/c26-19-11-13-23-21(15-19)22-16-20(27)12-14-24(22)25(23,17-7-3-1-4-8-17)18-9-5-2-6-10-18/h1-16H. The number of hydrogen-bond donors (Lipinski definition) is 0. The number of rotatable bonds is 2. The summed E-state index contributed by atoms with van der Waals surface area (Å²) in [5.74, 6) is 0. The van der Waals surface area contributed by atoms with E-state index in [9.17, 15) is 0 Å². The van der Waals surface area contributed by atoms with Crippen LogP contribution >= 0.6 is 38.5 Å². The highest BCUT2D eigenvalue weighted by Gasteiger charge is 2.45. The van der Waals surface area contributed by atoms with Crippen molar-refractivity contribution in [3.63, 3.8) is 0 Å². The van der Waals surface area contributed by atoms with Crippen LogP contribution in [0.1, 0.15) is 22.3 Å².